The van der Waals surface area contributed by atoms with Crippen LogP contribution in [0.2, 0.25) is 0 Å². The fraction of sp³-hybridized carbons (Fsp3) is 0.562. The first-order chi connectivity index (χ1) is 9.88. The number of benzene rings is 1. The molecule has 0 fully saturated rings. The summed E-state index contributed by atoms with van der Waals surface area (Å²) in [7, 11) is 3.27. The zero-order valence-corrected chi connectivity index (χ0v) is 13.5. The molecule has 5 heteroatoms. The van der Waals surface area contributed by atoms with Crippen molar-refractivity contribution in [3.8, 4) is 11.5 Å². The lowest BCUT2D eigenvalue weighted by atomic mass is 9.94. The maximum Gasteiger partial charge on any atom is 0.231 e. The standard InChI is InChI=1S/C16H26N2O3/c1-10(2)6-12(18-9-15(17)19)16-13(20-4)7-11(3)8-14(16)21-5/h7-8,10,12,18H,6,9H2,1-5H3,(H2,17,19). The molecule has 0 aromatic heterocycles. The summed E-state index contributed by atoms with van der Waals surface area (Å²) in [6, 6.07) is 3.89. The van der Waals surface area contributed by atoms with Crippen LogP contribution in [0.3, 0.4) is 0 Å². The van der Waals surface area contributed by atoms with Gasteiger partial charge in [-0.05, 0) is 37.0 Å². The third-order valence-corrected chi connectivity index (χ3v) is 3.27. The highest BCUT2D eigenvalue weighted by atomic mass is 16.5. The molecule has 0 saturated heterocycles. The van der Waals surface area contributed by atoms with Crippen molar-refractivity contribution >= 4 is 5.91 Å². The van der Waals surface area contributed by atoms with Gasteiger partial charge >= 0.3 is 0 Å². The predicted molar refractivity (Wildman–Crippen MR) is 83.7 cm³/mol. The summed E-state index contributed by atoms with van der Waals surface area (Å²) in [6.07, 6.45) is 0.850. The summed E-state index contributed by atoms with van der Waals surface area (Å²) in [5.74, 6) is 1.59. The zero-order chi connectivity index (χ0) is 16.0. The second-order valence-corrected chi connectivity index (χ2v) is 5.61. The molecular formula is C16H26N2O3. The minimum absolute atomic E-state index is 0.0528. The number of rotatable bonds is 8. The molecular weight excluding hydrogens is 268 g/mol. The minimum Gasteiger partial charge on any atom is -0.496 e. The molecule has 1 aromatic carbocycles. The van der Waals surface area contributed by atoms with Crippen LogP contribution in [0.5, 0.6) is 11.5 Å². The topological polar surface area (TPSA) is 73.6 Å². The molecule has 5 nitrogen and oxygen atoms in total. The van der Waals surface area contributed by atoms with Gasteiger partial charge in [-0.2, -0.15) is 0 Å². The molecule has 118 valence electrons. The maximum atomic E-state index is 11.1. The maximum absolute atomic E-state index is 11.1. The second kappa shape index (κ2) is 7.88. The Morgan fingerprint density at radius 3 is 2.14 bits per heavy atom. The molecule has 0 aliphatic heterocycles. The molecule has 0 bridgehead atoms. The van der Waals surface area contributed by atoms with Crippen LogP contribution in [0.15, 0.2) is 12.1 Å². The molecule has 0 aliphatic carbocycles. The van der Waals surface area contributed by atoms with E-state index in [9.17, 15) is 4.79 Å². The lowest BCUT2D eigenvalue weighted by Crippen LogP contribution is -2.32. The van der Waals surface area contributed by atoms with E-state index < -0.39 is 0 Å². The van der Waals surface area contributed by atoms with Crippen molar-refractivity contribution in [2.45, 2.75) is 33.2 Å². The number of hydrogen-bond donors (Lipinski definition) is 2. The molecule has 1 rings (SSSR count). The molecule has 3 N–H and O–H groups in total. The average Bonchev–Trinajstić information content (AvgIpc) is 2.41. The molecule has 0 heterocycles. The van der Waals surface area contributed by atoms with Gasteiger partial charge in [0.2, 0.25) is 5.91 Å². The molecule has 21 heavy (non-hydrogen) atoms. The number of methoxy groups -OCH3 is 2. The van der Waals surface area contributed by atoms with Crippen molar-refractivity contribution in [3.05, 3.63) is 23.3 Å². The van der Waals surface area contributed by atoms with Crippen LogP contribution < -0.4 is 20.5 Å². The van der Waals surface area contributed by atoms with Crippen molar-refractivity contribution in [2.75, 3.05) is 20.8 Å². The number of hydrogen-bond acceptors (Lipinski definition) is 4. The van der Waals surface area contributed by atoms with E-state index in [4.69, 9.17) is 15.2 Å². The predicted octanol–water partition coefficient (Wildman–Crippen LogP) is 2.17. The first-order valence-electron chi connectivity index (χ1n) is 7.13. The van der Waals surface area contributed by atoms with E-state index >= 15 is 0 Å². The third-order valence-electron chi connectivity index (χ3n) is 3.27. The van der Waals surface area contributed by atoms with E-state index in [1.165, 1.54) is 0 Å². The summed E-state index contributed by atoms with van der Waals surface area (Å²) in [4.78, 5) is 11.1. The van der Waals surface area contributed by atoms with Gasteiger partial charge in [0.05, 0.1) is 26.3 Å². The molecule has 0 saturated carbocycles. The quantitative estimate of drug-likeness (QED) is 0.770. The fourth-order valence-corrected chi connectivity index (χ4v) is 2.41. The summed E-state index contributed by atoms with van der Waals surface area (Å²) < 4.78 is 11.0. The SMILES string of the molecule is COc1cc(C)cc(OC)c1C(CC(C)C)NCC(N)=O. The van der Waals surface area contributed by atoms with Gasteiger partial charge in [0.25, 0.3) is 0 Å². The van der Waals surface area contributed by atoms with Crippen LogP contribution in [-0.2, 0) is 4.79 Å². The van der Waals surface area contributed by atoms with E-state index in [2.05, 4.69) is 19.2 Å². The van der Waals surface area contributed by atoms with Gasteiger partial charge in [0.15, 0.2) is 0 Å². The highest BCUT2D eigenvalue weighted by molar-refractivity contribution is 5.76. The van der Waals surface area contributed by atoms with Gasteiger partial charge in [-0.15, -0.1) is 0 Å². The fourth-order valence-electron chi connectivity index (χ4n) is 2.41. The molecule has 1 aromatic rings. The Bertz CT molecular complexity index is 461. The summed E-state index contributed by atoms with van der Waals surface area (Å²) in [5.41, 5.74) is 7.24. The molecule has 1 atom stereocenters. The van der Waals surface area contributed by atoms with Crippen LogP contribution in [0.1, 0.15) is 37.4 Å². The number of nitrogens with one attached hydrogen (secondary N) is 1. The number of carbonyl (C=O) groups is 1. The molecule has 1 unspecified atom stereocenters. The average molecular weight is 294 g/mol. The van der Waals surface area contributed by atoms with Gasteiger partial charge in [-0.3, -0.25) is 4.79 Å². The van der Waals surface area contributed by atoms with E-state index in [0.29, 0.717) is 5.92 Å². The van der Waals surface area contributed by atoms with Gasteiger partial charge in [0, 0.05) is 6.04 Å². The summed E-state index contributed by atoms with van der Waals surface area (Å²) in [5, 5.41) is 3.20. The highest BCUT2D eigenvalue weighted by Crippen LogP contribution is 2.38. The number of primary amides is 1. The van der Waals surface area contributed by atoms with E-state index in [0.717, 1.165) is 29.0 Å². The Kier molecular flexibility index (Phi) is 6.49. The monoisotopic (exact) mass is 294 g/mol. The number of carbonyl (C=O) groups excluding carboxylic acids is 1. The highest BCUT2D eigenvalue weighted by Gasteiger charge is 2.22. The second-order valence-electron chi connectivity index (χ2n) is 5.61. The lowest BCUT2D eigenvalue weighted by Gasteiger charge is -2.25. The Morgan fingerprint density at radius 2 is 1.76 bits per heavy atom. The van der Waals surface area contributed by atoms with Crippen molar-refractivity contribution in [1.82, 2.24) is 5.32 Å². The van der Waals surface area contributed by atoms with Gasteiger partial charge < -0.3 is 20.5 Å². The first kappa shape index (κ1) is 17.3. The van der Waals surface area contributed by atoms with Gasteiger partial charge in [-0.1, -0.05) is 13.8 Å². The zero-order valence-electron chi connectivity index (χ0n) is 13.5. The van der Waals surface area contributed by atoms with E-state index in [1.807, 2.05) is 19.1 Å². The number of nitrogens with two attached hydrogens (primary N) is 1. The molecule has 0 spiro atoms. The van der Waals surface area contributed by atoms with Crippen LogP contribution in [0.4, 0.5) is 0 Å². The van der Waals surface area contributed by atoms with Crippen molar-refractivity contribution in [3.63, 3.8) is 0 Å². The largest absolute Gasteiger partial charge is 0.496 e. The number of aryl methyl sites for hydroxylation is 1. The molecule has 1 amide bonds. The van der Waals surface area contributed by atoms with Crippen LogP contribution in [0.25, 0.3) is 0 Å². The smallest absolute Gasteiger partial charge is 0.231 e. The van der Waals surface area contributed by atoms with Crippen molar-refractivity contribution < 1.29 is 14.3 Å². The molecule has 0 radical (unpaired) electrons. The van der Waals surface area contributed by atoms with Crippen molar-refractivity contribution in [2.24, 2.45) is 11.7 Å². The third kappa shape index (κ3) is 4.93. The van der Waals surface area contributed by atoms with Crippen LogP contribution >= 0.6 is 0 Å². The summed E-state index contributed by atoms with van der Waals surface area (Å²) in [6.45, 7) is 6.37. The van der Waals surface area contributed by atoms with E-state index in [-0.39, 0.29) is 18.5 Å². The van der Waals surface area contributed by atoms with Gasteiger partial charge in [0.1, 0.15) is 11.5 Å². The number of amides is 1. The van der Waals surface area contributed by atoms with Crippen LogP contribution in [0, 0.1) is 12.8 Å². The molecule has 0 aliphatic rings. The Balaban J connectivity index is 3.23. The number of ether oxygens (including phenoxy) is 2. The van der Waals surface area contributed by atoms with Crippen molar-refractivity contribution in [1.29, 1.82) is 0 Å². The first-order valence-corrected chi connectivity index (χ1v) is 7.13. The Labute approximate surface area is 126 Å². The van der Waals surface area contributed by atoms with E-state index in [1.54, 1.807) is 14.2 Å². The van der Waals surface area contributed by atoms with Crippen LogP contribution in [-0.4, -0.2) is 26.7 Å². The Hall–Kier alpha value is -1.75. The normalized spacial score (nSPS) is 12.3. The summed E-state index contributed by atoms with van der Waals surface area (Å²) >= 11 is 0. The minimum atomic E-state index is -0.381. The Morgan fingerprint density at radius 1 is 1.24 bits per heavy atom. The van der Waals surface area contributed by atoms with Gasteiger partial charge in [-0.25, -0.2) is 0 Å². The lowest BCUT2D eigenvalue weighted by molar-refractivity contribution is -0.117.